The number of rotatable bonds is 5. The standard InChI is InChI=1S/C24H27N3O3/c1-15(18-12-22(28)26-14-18)29-21-11-17(10-20-19(21)6-5-9-25-20)16-7-8-23(27-13-16)30-24(2,3)4/h5-11,13,15,18H,12,14H2,1-4H3,(H,26,28). The predicted octanol–water partition coefficient (Wildman–Crippen LogP) is 4.38. The van der Waals surface area contributed by atoms with Crippen LogP contribution in [0.25, 0.3) is 22.0 Å². The van der Waals surface area contributed by atoms with Crippen LogP contribution in [0.5, 0.6) is 11.6 Å². The van der Waals surface area contributed by atoms with E-state index in [4.69, 9.17) is 9.47 Å². The first kappa shape index (κ1) is 20.1. The van der Waals surface area contributed by atoms with E-state index in [1.807, 2.05) is 64.1 Å². The Hall–Kier alpha value is -3.15. The molecule has 1 amide bonds. The molecule has 156 valence electrons. The highest BCUT2D eigenvalue weighted by molar-refractivity contribution is 5.90. The van der Waals surface area contributed by atoms with Gasteiger partial charge in [-0.1, -0.05) is 0 Å². The molecule has 0 spiro atoms. The molecular weight excluding hydrogens is 378 g/mol. The molecule has 4 rings (SSSR count). The number of nitrogens with zero attached hydrogens (tertiary/aromatic N) is 2. The number of carbonyl (C=O) groups is 1. The third-order valence-corrected chi connectivity index (χ3v) is 5.15. The maximum absolute atomic E-state index is 11.6. The van der Waals surface area contributed by atoms with Crippen molar-refractivity contribution >= 4 is 16.8 Å². The lowest BCUT2D eigenvalue weighted by molar-refractivity contribution is -0.119. The van der Waals surface area contributed by atoms with Crippen LogP contribution >= 0.6 is 0 Å². The zero-order chi connectivity index (χ0) is 21.3. The van der Waals surface area contributed by atoms with E-state index in [0.29, 0.717) is 18.8 Å². The number of benzene rings is 1. The summed E-state index contributed by atoms with van der Waals surface area (Å²) >= 11 is 0. The van der Waals surface area contributed by atoms with Crippen LogP contribution in [0.2, 0.25) is 0 Å². The first-order valence-electron chi connectivity index (χ1n) is 10.3. The van der Waals surface area contributed by atoms with Crippen LogP contribution in [0, 0.1) is 5.92 Å². The Morgan fingerprint density at radius 1 is 1.13 bits per heavy atom. The van der Waals surface area contributed by atoms with Gasteiger partial charge in [-0.2, -0.15) is 0 Å². The molecule has 1 aliphatic rings. The lowest BCUT2D eigenvalue weighted by Gasteiger charge is -2.21. The van der Waals surface area contributed by atoms with Crippen molar-refractivity contribution in [1.29, 1.82) is 0 Å². The van der Waals surface area contributed by atoms with E-state index < -0.39 is 0 Å². The topological polar surface area (TPSA) is 73.3 Å². The van der Waals surface area contributed by atoms with Crippen LogP contribution in [-0.4, -0.2) is 34.1 Å². The van der Waals surface area contributed by atoms with Crippen molar-refractivity contribution in [3.05, 3.63) is 48.8 Å². The molecule has 30 heavy (non-hydrogen) atoms. The minimum atomic E-state index is -0.297. The van der Waals surface area contributed by atoms with Crippen LogP contribution in [0.15, 0.2) is 48.8 Å². The number of pyridine rings is 2. The quantitative estimate of drug-likeness (QED) is 0.682. The van der Waals surface area contributed by atoms with Gasteiger partial charge in [0.1, 0.15) is 17.5 Å². The maximum Gasteiger partial charge on any atom is 0.220 e. The van der Waals surface area contributed by atoms with Gasteiger partial charge in [0.15, 0.2) is 0 Å². The van der Waals surface area contributed by atoms with Gasteiger partial charge in [0.25, 0.3) is 0 Å². The van der Waals surface area contributed by atoms with E-state index in [0.717, 1.165) is 27.8 Å². The second-order valence-electron chi connectivity index (χ2n) is 8.74. The summed E-state index contributed by atoms with van der Waals surface area (Å²) in [5, 5.41) is 3.83. The average Bonchev–Trinajstić information content (AvgIpc) is 3.14. The van der Waals surface area contributed by atoms with Gasteiger partial charge in [0.2, 0.25) is 11.8 Å². The number of ether oxygens (including phenoxy) is 2. The highest BCUT2D eigenvalue weighted by atomic mass is 16.5. The lowest BCUT2D eigenvalue weighted by atomic mass is 10.0. The molecular formula is C24H27N3O3. The molecule has 1 saturated heterocycles. The van der Waals surface area contributed by atoms with Crippen molar-refractivity contribution in [1.82, 2.24) is 15.3 Å². The summed E-state index contributed by atoms with van der Waals surface area (Å²) in [5.74, 6) is 1.59. The summed E-state index contributed by atoms with van der Waals surface area (Å²) in [4.78, 5) is 20.6. The molecule has 0 bridgehead atoms. The second-order valence-corrected chi connectivity index (χ2v) is 8.74. The largest absolute Gasteiger partial charge is 0.490 e. The van der Waals surface area contributed by atoms with Crippen molar-refractivity contribution in [3.63, 3.8) is 0 Å². The molecule has 1 aromatic carbocycles. The van der Waals surface area contributed by atoms with Gasteiger partial charge in [-0.25, -0.2) is 4.98 Å². The Kier molecular flexibility index (Phi) is 5.33. The molecule has 2 atom stereocenters. The molecule has 0 aliphatic carbocycles. The van der Waals surface area contributed by atoms with Crippen LogP contribution in [0.3, 0.4) is 0 Å². The Labute approximate surface area is 176 Å². The van der Waals surface area contributed by atoms with Crippen LogP contribution in [0.1, 0.15) is 34.1 Å². The van der Waals surface area contributed by atoms with Crippen molar-refractivity contribution in [2.45, 2.75) is 45.8 Å². The van der Waals surface area contributed by atoms with Crippen LogP contribution in [0.4, 0.5) is 0 Å². The maximum atomic E-state index is 11.6. The zero-order valence-electron chi connectivity index (χ0n) is 17.8. The van der Waals surface area contributed by atoms with E-state index in [2.05, 4.69) is 15.3 Å². The lowest BCUT2D eigenvalue weighted by Crippen LogP contribution is -2.25. The molecule has 0 radical (unpaired) electrons. The first-order chi connectivity index (χ1) is 14.3. The fourth-order valence-electron chi connectivity index (χ4n) is 3.59. The fraction of sp³-hybridized carbons (Fsp3) is 0.375. The summed E-state index contributed by atoms with van der Waals surface area (Å²) in [6.45, 7) is 8.65. The minimum absolute atomic E-state index is 0.0827. The van der Waals surface area contributed by atoms with Gasteiger partial charge in [-0.05, 0) is 63.6 Å². The number of hydrogen-bond acceptors (Lipinski definition) is 5. The van der Waals surface area contributed by atoms with E-state index in [9.17, 15) is 4.79 Å². The summed E-state index contributed by atoms with van der Waals surface area (Å²) in [7, 11) is 0. The highest BCUT2D eigenvalue weighted by Gasteiger charge is 2.28. The molecule has 1 fully saturated rings. The average molecular weight is 405 g/mol. The predicted molar refractivity (Wildman–Crippen MR) is 117 cm³/mol. The fourth-order valence-corrected chi connectivity index (χ4v) is 3.59. The van der Waals surface area contributed by atoms with Gasteiger partial charge >= 0.3 is 0 Å². The van der Waals surface area contributed by atoms with Gasteiger partial charge in [-0.3, -0.25) is 9.78 Å². The second kappa shape index (κ2) is 7.94. The van der Waals surface area contributed by atoms with E-state index >= 15 is 0 Å². The first-order valence-corrected chi connectivity index (χ1v) is 10.3. The molecule has 1 aliphatic heterocycles. The Balaban J connectivity index is 1.65. The zero-order valence-corrected chi connectivity index (χ0v) is 17.8. The van der Waals surface area contributed by atoms with Gasteiger partial charge in [0.05, 0.1) is 5.52 Å². The Morgan fingerprint density at radius 2 is 1.97 bits per heavy atom. The number of hydrogen-bond donors (Lipinski definition) is 1. The summed E-state index contributed by atoms with van der Waals surface area (Å²) < 4.78 is 12.2. The van der Waals surface area contributed by atoms with E-state index in [1.54, 1.807) is 12.4 Å². The third-order valence-electron chi connectivity index (χ3n) is 5.15. The number of fused-ring (bicyclic) bond motifs is 1. The van der Waals surface area contributed by atoms with Gasteiger partial charge < -0.3 is 14.8 Å². The number of nitrogens with one attached hydrogen (secondary N) is 1. The van der Waals surface area contributed by atoms with Crippen molar-refractivity contribution in [3.8, 4) is 22.8 Å². The molecule has 0 saturated carbocycles. The van der Waals surface area contributed by atoms with Gasteiger partial charge in [0, 0.05) is 48.3 Å². The van der Waals surface area contributed by atoms with Crippen molar-refractivity contribution in [2.24, 2.45) is 5.92 Å². The van der Waals surface area contributed by atoms with Crippen LogP contribution in [-0.2, 0) is 4.79 Å². The monoisotopic (exact) mass is 405 g/mol. The van der Waals surface area contributed by atoms with Crippen molar-refractivity contribution < 1.29 is 14.3 Å². The molecule has 3 heterocycles. The van der Waals surface area contributed by atoms with E-state index in [-0.39, 0.29) is 23.5 Å². The molecule has 6 nitrogen and oxygen atoms in total. The summed E-state index contributed by atoms with van der Waals surface area (Å²) in [6, 6.07) is 11.8. The minimum Gasteiger partial charge on any atom is -0.490 e. The van der Waals surface area contributed by atoms with Gasteiger partial charge in [-0.15, -0.1) is 0 Å². The van der Waals surface area contributed by atoms with Crippen molar-refractivity contribution in [2.75, 3.05) is 6.54 Å². The Morgan fingerprint density at radius 3 is 2.63 bits per heavy atom. The smallest absolute Gasteiger partial charge is 0.220 e. The summed E-state index contributed by atoms with van der Waals surface area (Å²) in [5.41, 5.74) is 2.49. The molecule has 2 aromatic heterocycles. The number of carbonyl (C=O) groups excluding carboxylic acids is 1. The van der Waals surface area contributed by atoms with E-state index in [1.165, 1.54) is 0 Å². The third kappa shape index (κ3) is 4.53. The number of aromatic nitrogens is 2. The Bertz CT molecular complexity index is 1060. The molecule has 1 N–H and O–H groups in total. The SMILES string of the molecule is CC(Oc1cc(-c2ccc(OC(C)(C)C)nc2)cc2ncccc12)C1CNC(=O)C1. The summed E-state index contributed by atoms with van der Waals surface area (Å²) in [6.07, 6.45) is 3.98. The molecule has 2 unspecified atom stereocenters. The normalized spacial score (nSPS) is 17.6. The molecule has 6 heteroatoms. The molecule has 3 aromatic rings. The number of amides is 1. The highest BCUT2D eigenvalue weighted by Crippen LogP contribution is 2.33. The van der Waals surface area contributed by atoms with Crippen LogP contribution < -0.4 is 14.8 Å².